The monoisotopic (exact) mass is 280 g/mol. The molecule has 1 rings (SSSR count). The number of carbonyl (C=O) groups excluding carboxylic acids is 2. The van der Waals surface area contributed by atoms with Crippen LogP contribution < -0.4 is 10.1 Å². The van der Waals surface area contributed by atoms with Gasteiger partial charge in [0.05, 0.1) is 14.2 Å². The Labute approximate surface area is 118 Å². The molecule has 0 unspecified atom stereocenters. The summed E-state index contributed by atoms with van der Waals surface area (Å²) in [6.45, 7) is 2.36. The van der Waals surface area contributed by atoms with E-state index < -0.39 is 5.97 Å². The van der Waals surface area contributed by atoms with Crippen LogP contribution in [-0.2, 0) is 9.53 Å². The van der Waals surface area contributed by atoms with Crippen LogP contribution in [-0.4, -0.2) is 44.2 Å². The molecular formula is C14H20N2O4. The molecule has 110 valence electrons. The summed E-state index contributed by atoms with van der Waals surface area (Å²) < 4.78 is 9.62. The van der Waals surface area contributed by atoms with Crippen LogP contribution >= 0.6 is 0 Å². The van der Waals surface area contributed by atoms with Crippen molar-refractivity contribution in [1.29, 1.82) is 0 Å². The lowest BCUT2D eigenvalue weighted by atomic mass is 10.3. The first-order valence-corrected chi connectivity index (χ1v) is 6.37. The molecule has 0 aliphatic rings. The van der Waals surface area contributed by atoms with E-state index in [0.29, 0.717) is 18.0 Å². The molecule has 0 saturated carbocycles. The summed E-state index contributed by atoms with van der Waals surface area (Å²) in [5.74, 6) is 0.270. The summed E-state index contributed by atoms with van der Waals surface area (Å²) in [7, 11) is 2.88. The number of hydrogen-bond donors (Lipinski definition) is 1. The first-order valence-electron chi connectivity index (χ1n) is 6.37. The maximum atomic E-state index is 12.1. The number of methoxy groups -OCH3 is 2. The minimum atomic E-state index is -0.441. The summed E-state index contributed by atoms with van der Waals surface area (Å²) in [6, 6.07) is 6.64. The van der Waals surface area contributed by atoms with Crippen molar-refractivity contribution in [2.24, 2.45) is 0 Å². The van der Waals surface area contributed by atoms with Crippen molar-refractivity contribution >= 4 is 17.7 Å². The predicted molar refractivity (Wildman–Crippen MR) is 75.9 cm³/mol. The molecule has 1 N–H and O–H groups in total. The molecule has 0 fully saturated rings. The van der Waals surface area contributed by atoms with Gasteiger partial charge in [-0.2, -0.15) is 0 Å². The van der Waals surface area contributed by atoms with Gasteiger partial charge in [-0.25, -0.2) is 4.79 Å². The van der Waals surface area contributed by atoms with Gasteiger partial charge < -0.3 is 19.7 Å². The van der Waals surface area contributed by atoms with E-state index in [0.717, 1.165) is 6.42 Å². The van der Waals surface area contributed by atoms with Crippen LogP contribution in [0.3, 0.4) is 0 Å². The topological polar surface area (TPSA) is 67.9 Å². The highest BCUT2D eigenvalue weighted by molar-refractivity contribution is 5.91. The van der Waals surface area contributed by atoms with Gasteiger partial charge in [0.25, 0.3) is 0 Å². The molecule has 0 heterocycles. The number of esters is 1. The van der Waals surface area contributed by atoms with Crippen molar-refractivity contribution in [3.8, 4) is 5.75 Å². The van der Waals surface area contributed by atoms with Crippen molar-refractivity contribution < 1.29 is 19.1 Å². The average Bonchev–Trinajstić information content (AvgIpc) is 2.47. The maximum absolute atomic E-state index is 12.1. The van der Waals surface area contributed by atoms with Crippen LogP contribution in [0.1, 0.15) is 13.3 Å². The molecular weight excluding hydrogens is 260 g/mol. The standard InChI is InChI=1S/C14H20N2O4/c1-4-9-16(10-13(17)20-3)14(18)15-11-5-7-12(19-2)8-6-11/h5-8H,4,9-10H2,1-3H3,(H,15,18). The quantitative estimate of drug-likeness (QED) is 0.810. The van der Waals surface area contributed by atoms with Crippen molar-refractivity contribution in [2.45, 2.75) is 13.3 Å². The van der Waals surface area contributed by atoms with Gasteiger partial charge in [-0.05, 0) is 30.7 Å². The molecule has 6 heteroatoms. The molecule has 0 saturated heterocycles. The normalized spacial score (nSPS) is 9.75. The lowest BCUT2D eigenvalue weighted by Gasteiger charge is -2.21. The minimum absolute atomic E-state index is 0.0632. The van der Waals surface area contributed by atoms with Crippen molar-refractivity contribution in [3.63, 3.8) is 0 Å². The molecule has 0 bridgehead atoms. The SMILES string of the molecule is CCCN(CC(=O)OC)C(=O)Nc1ccc(OC)cc1. The van der Waals surface area contributed by atoms with Gasteiger partial charge >= 0.3 is 12.0 Å². The Morgan fingerprint density at radius 1 is 1.20 bits per heavy atom. The Kier molecular flexibility index (Phi) is 6.36. The zero-order valence-corrected chi connectivity index (χ0v) is 12.0. The van der Waals surface area contributed by atoms with Crippen LogP contribution in [0.5, 0.6) is 5.75 Å². The van der Waals surface area contributed by atoms with Crippen molar-refractivity contribution in [3.05, 3.63) is 24.3 Å². The number of urea groups is 1. The number of nitrogens with one attached hydrogen (secondary N) is 1. The fraction of sp³-hybridized carbons (Fsp3) is 0.429. The number of ether oxygens (including phenoxy) is 2. The maximum Gasteiger partial charge on any atom is 0.325 e. The van der Waals surface area contributed by atoms with E-state index in [-0.39, 0.29) is 12.6 Å². The third-order valence-corrected chi connectivity index (χ3v) is 2.67. The van der Waals surface area contributed by atoms with E-state index in [2.05, 4.69) is 10.1 Å². The third kappa shape index (κ3) is 4.79. The minimum Gasteiger partial charge on any atom is -0.497 e. The lowest BCUT2D eigenvalue weighted by molar-refractivity contribution is -0.141. The Morgan fingerprint density at radius 3 is 2.35 bits per heavy atom. The van der Waals surface area contributed by atoms with E-state index in [1.54, 1.807) is 31.4 Å². The fourth-order valence-electron chi connectivity index (χ4n) is 1.62. The molecule has 6 nitrogen and oxygen atoms in total. The van der Waals surface area contributed by atoms with Crippen LogP contribution in [0.15, 0.2) is 24.3 Å². The van der Waals surface area contributed by atoms with Gasteiger partial charge in [-0.1, -0.05) is 6.92 Å². The highest BCUT2D eigenvalue weighted by Gasteiger charge is 2.16. The zero-order valence-electron chi connectivity index (χ0n) is 12.0. The fourth-order valence-corrected chi connectivity index (χ4v) is 1.62. The first kappa shape index (κ1) is 15.8. The second-order valence-corrected chi connectivity index (χ2v) is 4.16. The highest BCUT2D eigenvalue weighted by Crippen LogP contribution is 2.15. The lowest BCUT2D eigenvalue weighted by Crippen LogP contribution is -2.39. The van der Waals surface area contributed by atoms with E-state index in [1.807, 2.05) is 6.92 Å². The molecule has 0 aromatic heterocycles. The number of benzene rings is 1. The summed E-state index contributed by atoms with van der Waals surface area (Å²) in [6.07, 6.45) is 0.757. The number of amides is 2. The molecule has 20 heavy (non-hydrogen) atoms. The smallest absolute Gasteiger partial charge is 0.325 e. The van der Waals surface area contributed by atoms with E-state index in [4.69, 9.17) is 4.74 Å². The summed E-state index contributed by atoms with van der Waals surface area (Å²) in [5.41, 5.74) is 0.641. The second kappa shape index (κ2) is 8.04. The van der Waals surface area contributed by atoms with Gasteiger partial charge in [0.15, 0.2) is 0 Å². The number of rotatable bonds is 6. The number of hydrogen-bond acceptors (Lipinski definition) is 4. The summed E-state index contributed by atoms with van der Waals surface area (Å²) in [5, 5.41) is 2.73. The second-order valence-electron chi connectivity index (χ2n) is 4.16. The Bertz CT molecular complexity index is 445. The Morgan fingerprint density at radius 2 is 1.85 bits per heavy atom. The van der Waals surface area contributed by atoms with Crippen LogP contribution in [0.2, 0.25) is 0 Å². The summed E-state index contributed by atoms with van der Waals surface area (Å²) >= 11 is 0. The van der Waals surface area contributed by atoms with E-state index in [9.17, 15) is 9.59 Å². The average molecular weight is 280 g/mol. The number of carbonyl (C=O) groups is 2. The van der Waals surface area contributed by atoms with Crippen LogP contribution in [0.25, 0.3) is 0 Å². The number of anilines is 1. The highest BCUT2D eigenvalue weighted by atomic mass is 16.5. The first-order chi connectivity index (χ1) is 9.60. The molecule has 0 aliphatic carbocycles. The van der Waals surface area contributed by atoms with Gasteiger partial charge in [0, 0.05) is 12.2 Å². The molecule has 2 amide bonds. The largest absolute Gasteiger partial charge is 0.497 e. The molecule has 0 radical (unpaired) electrons. The van der Waals surface area contributed by atoms with E-state index >= 15 is 0 Å². The molecule has 1 aromatic rings. The van der Waals surface area contributed by atoms with Gasteiger partial charge in [0.2, 0.25) is 0 Å². The van der Waals surface area contributed by atoms with Gasteiger partial charge in [-0.3, -0.25) is 4.79 Å². The molecule has 0 aliphatic heterocycles. The molecule has 0 atom stereocenters. The van der Waals surface area contributed by atoms with Crippen molar-refractivity contribution in [2.75, 3.05) is 32.6 Å². The molecule has 0 spiro atoms. The van der Waals surface area contributed by atoms with Crippen molar-refractivity contribution in [1.82, 2.24) is 4.90 Å². The zero-order chi connectivity index (χ0) is 15.0. The van der Waals surface area contributed by atoms with Gasteiger partial charge in [0.1, 0.15) is 12.3 Å². The summed E-state index contributed by atoms with van der Waals surface area (Å²) in [4.78, 5) is 24.8. The Balaban J connectivity index is 2.66. The van der Waals surface area contributed by atoms with Gasteiger partial charge in [-0.15, -0.1) is 0 Å². The number of nitrogens with zero attached hydrogens (tertiary/aromatic N) is 1. The van der Waals surface area contributed by atoms with Crippen LogP contribution in [0, 0.1) is 0 Å². The Hall–Kier alpha value is -2.24. The third-order valence-electron chi connectivity index (χ3n) is 2.67. The predicted octanol–water partition coefficient (Wildman–Crippen LogP) is 2.11. The molecule has 1 aromatic carbocycles. The van der Waals surface area contributed by atoms with Crippen LogP contribution in [0.4, 0.5) is 10.5 Å². The van der Waals surface area contributed by atoms with E-state index in [1.165, 1.54) is 12.0 Å².